The topological polar surface area (TPSA) is 89.3 Å². The second kappa shape index (κ2) is 10.4. The Morgan fingerprint density at radius 1 is 1.23 bits per heavy atom. The molecule has 1 amide bonds. The van der Waals surface area contributed by atoms with Crippen LogP contribution in [0.25, 0.3) is 0 Å². The third kappa shape index (κ3) is 5.51. The molecule has 2 aromatic heterocycles. The lowest BCUT2D eigenvalue weighted by molar-refractivity contribution is 0.118. The quantitative estimate of drug-likeness (QED) is 0.426. The Hall–Kier alpha value is -2.91. The third-order valence-electron chi connectivity index (χ3n) is 5.89. The van der Waals surface area contributed by atoms with Gasteiger partial charge in [0.15, 0.2) is 0 Å². The summed E-state index contributed by atoms with van der Waals surface area (Å²) in [5, 5.41) is 13.9. The number of carbonyl (C=O) groups excluding carboxylic acids is 1. The third-order valence-corrected chi connectivity index (χ3v) is 6.32. The summed E-state index contributed by atoms with van der Waals surface area (Å²) in [6, 6.07) is 8.95. The van der Waals surface area contributed by atoms with E-state index < -0.39 is 0 Å². The lowest BCUT2D eigenvalue weighted by atomic mass is 9.92. The largest absolute Gasteiger partial charge is 0.446 e. The van der Waals surface area contributed by atoms with Crippen molar-refractivity contribution in [2.24, 2.45) is 7.05 Å². The van der Waals surface area contributed by atoms with Crippen LogP contribution in [0.4, 0.5) is 16.4 Å². The Kier molecular flexibility index (Phi) is 7.47. The number of carbonyl (C=O) groups is 1. The summed E-state index contributed by atoms with van der Waals surface area (Å²) in [5.74, 6) is 0.455. The molecule has 0 aliphatic carbocycles. The molecule has 2 atom stereocenters. The highest BCUT2D eigenvalue weighted by Gasteiger charge is 2.41. The number of hydrogen-bond donors (Lipinski definition) is 0. The molecule has 0 saturated heterocycles. The first kappa shape index (κ1) is 25.2. The summed E-state index contributed by atoms with van der Waals surface area (Å²) < 4.78 is 5.59. The van der Waals surface area contributed by atoms with E-state index in [1.165, 1.54) is 4.80 Å². The zero-order valence-electron chi connectivity index (χ0n) is 20.4. The van der Waals surface area contributed by atoms with Crippen molar-refractivity contribution in [3.05, 3.63) is 57.3 Å². The minimum Gasteiger partial charge on any atom is -0.446 e. The number of amides is 1. The Balaban J connectivity index is 1.83. The van der Waals surface area contributed by atoms with Gasteiger partial charge in [0, 0.05) is 28.3 Å². The van der Waals surface area contributed by atoms with Crippen LogP contribution in [0.3, 0.4) is 0 Å². The predicted molar refractivity (Wildman–Crippen MR) is 136 cm³/mol. The van der Waals surface area contributed by atoms with Gasteiger partial charge in [-0.05, 0) is 74.7 Å². The van der Waals surface area contributed by atoms with Gasteiger partial charge in [-0.15, -0.1) is 5.10 Å². The highest BCUT2D eigenvalue weighted by molar-refractivity contribution is 6.34. The summed E-state index contributed by atoms with van der Waals surface area (Å²) in [7, 11) is 1.72. The summed E-state index contributed by atoms with van der Waals surface area (Å²) in [6.45, 7) is 8.11. The maximum atomic E-state index is 13.1. The van der Waals surface area contributed by atoms with Gasteiger partial charge in [-0.3, -0.25) is 9.88 Å². The number of tetrazole rings is 1. The zero-order chi connectivity index (χ0) is 25.3. The number of fused-ring (bicyclic) bond motifs is 1. The number of hydrogen-bond acceptors (Lipinski definition) is 7. The number of aryl methyl sites for hydroxylation is 2. The standard InChI is InChI=1S/C24H29Cl2N7O2/c1-6-19-12-21(22-20(8-7-15(4)27-22)33(19)24(34)35-14(2)3)32(23-28-30-31(5)29-23)13-16-9-17(25)11-18(26)10-16/h7-11,14,19,21H,6,12-13H2,1-5H3/t19-,21+/m1/s1. The Bertz CT molecular complexity index is 1200. The number of anilines is 2. The molecule has 4 rings (SSSR count). The smallest absolute Gasteiger partial charge is 0.414 e. The van der Waals surface area contributed by atoms with Crippen LogP contribution in [0, 0.1) is 6.92 Å². The number of aromatic nitrogens is 5. The van der Waals surface area contributed by atoms with Crippen LogP contribution in [-0.2, 0) is 18.3 Å². The van der Waals surface area contributed by atoms with E-state index in [-0.39, 0.29) is 24.3 Å². The Labute approximate surface area is 215 Å². The zero-order valence-corrected chi connectivity index (χ0v) is 22.0. The van der Waals surface area contributed by atoms with Crippen molar-refractivity contribution in [3.63, 3.8) is 0 Å². The molecule has 1 aliphatic heterocycles. The first-order valence-corrected chi connectivity index (χ1v) is 12.3. The number of rotatable bonds is 6. The van der Waals surface area contributed by atoms with Gasteiger partial charge in [-0.1, -0.05) is 35.2 Å². The fourth-order valence-electron chi connectivity index (χ4n) is 4.43. The SMILES string of the molecule is CC[C@@H]1C[C@H](N(Cc2cc(Cl)cc(Cl)c2)c2nnn(C)n2)c2nc(C)ccc2N1C(=O)OC(C)C. The van der Waals surface area contributed by atoms with Gasteiger partial charge in [0.1, 0.15) is 0 Å². The monoisotopic (exact) mass is 517 g/mol. The first-order chi connectivity index (χ1) is 16.7. The van der Waals surface area contributed by atoms with Crippen LogP contribution in [0.2, 0.25) is 10.0 Å². The maximum Gasteiger partial charge on any atom is 0.414 e. The molecule has 9 nitrogen and oxygen atoms in total. The van der Waals surface area contributed by atoms with E-state index in [0.717, 1.165) is 29.1 Å². The number of pyridine rings is 1. The first-order valence-electron chi connectivity index (χ1n) is 11.6. The molecular weight excluding hydrogens is 489 g/mol. The van der Waals surface area contributed by atoms with E-state index in [1.807, 2.05) is 49.9 Å². The van der Waals surface area contributed by atoms with Crippen LogP contribution >= 0.6 is 23.2 Å². The van der Waals surface area contributed by atoms with Crippen molar-refractivity contribution >= 4 is 40.9 Å². The fourth-order valence-corrected chi connectivity index (χ4v) is 5.00. The van der Waals surface area contributed by atoms with Crippen molar-refractivity contribution in [3.8, 4) is 0 Å². The van der Waals surface area contributed by atoms with Crippen molar-refractivity contribution in [1.82, 2.24) is 25.2 Å². The Morgan fingerprint density at radius 3 is 2.54 bits per heavy atom. The molecule has 0 spiro atoms. The molecule has 0 unspecified atom stereocenters. The van der Waals surface area contributed by atoms with Gasteiger partial charge < -0.3 is 9.64 Å². The van der Waals surface area contributed by atoms with Gasteiger partial charge in [-0.2, -0.15) is 4.80 Å². The van der Waals surface area contributed by atoms with Gasteiger partial charge in [0.2, 0.25) is 0 Å². The van der Waals surface area contributed by atoms with E-state index in [1.54, 1.807) is 18.0 Å². The van der Waals surface area contributed by atoms with Crippen molar-refractivity contribution in [2.45, 2.75) is 65.3 Å². The van der Waals surface area contributed by atoms with Gasteiger partial charge in [-0.25, -0.2) is 4.79 Å². The number of halogens is 2. The van der Waals surface area contributed by atoms with Crippen LogP contribution in [0.15, 0.2) is 30.3 Å². The van der Waals surface area contributed by atoms with Crippen LogP contribution in [0.1, 0.15) is 56.6 Å². The predicted octanol–water partition coefficient (Wildman–Crippen LogP) is 5.50. The van der Waals surface area contributed by atoms with Crippen LogP contribution < -0.4 is 9.80 Å². The molecule has 0 saturated carbocycles. The highest BCUT2D eigenvalue weighted by atomic mass is 35.5. The lowest BCUT2D eigenvalue weighted by Crippen LogP contribution is -2.48. The minimum absolute atomic E-state index is 0.106. The van der Waals surface area contributed by atoms with Crippen molar-refractivity contribution < 1.29 is 9.53 Å². The fraction of sp³-hybridized carbons (Fsp3) is 0.458. The average molecular weight is 518 g/mol. The molecule has 1 aromatic carbocycles. The van der Waals surface area contributed by atoms with Gasteiger partial charge >= 0.3 is 6.09 Å². The molecular formula is C24H29Cl2N7O2. The van der Waals surface area contributed by atoms with Crippen molar-refractivity contribution in [2.75, 3.05) is 9.80 Å². The van der Waals surface area contributed by atoms with Gasteiger partial charge in [0.25, 0.3) is 5.95 Å². The number of nitrogens with zero attached hydrogens (tertiary/aromatic N) is 7. The summed E-state index contributed by atoms with van der Waals surface area (Å²) in [4.78, 5) is 23.2. The van der Waals surface area contributed by atoms with Crippen molar-refractivity contribution in [1.29, 1.82) is 0 Å². The second-order valence-electron chi connectivity index (χ2n) is 8.96. The molecule has 0 bridgehead atoms. The van der Waals surface area contributed by atoms with Gasteiger partial charge in [0.05, 0.1) is 30.6 Å². The van der Waals surface area contributed by atoms with Crippen LogP contribution in [0.5, 0.6) is 0 Å². The second-order valence-corrected chi connectivity index (χ2v) is 9.83. The highest BCUT2D eigenvalue weighted by Crippen LogP contribution is 2.42. The molecule has 0 radical (unpaired) electrons. The molecule has 35 heavy (non-hydrogen) atoms. The summed E-state index contributed by atoms with van der Waals surface area (Å²) >= 11 is 12.6. The van der Waals surface area contributed by atoms with E-state index >= 15 is 0 Å². The lowest BCUT2D eigenvalue weighted by Gasteiger charge is -2.43. The molecule has 3 heterocycles. The van der Waals surface area contributed by atoms with E-state index in [9.17, 15) is 4.79 Å². The average Bonchev–Trinajstić information content (AvgIpc) is 3.21. The van der Waals surface area contributed by atoms with Crippen LogP contribution in [-0.4, -0.2) is 43.4 Å². The van der Waals surface area contributed by atoms with E-state index in [0.29, 0.717) is 29.0 Å². The molecule has 11 heteroatoms. The maximum absolute atomic E-state index is 13.1. The summed E-state index contributed by atoms with van der Waals surface area (Å²) in [6.07, 6.45) is 0.747. The van der Waals surface area contributed by atoms with E-state index in [2.05, 4.69) is 22.3 Å². The summed E-state index contributed by atoms with van der Waals surface area (Å²) in [5.41, 5.74) is 3.23. The van der Waals surface area contributed by atoms with E-state index in [4.69, 9.17) is 32.9 Å². The molecule has 3 aromatic rings. The molecule has 186 valence electrons. The minimum atomic E-state index is -0.372. The Morgan fingerprint density at radius 2 is 1.94 bits per heavy atom. The molecule has 0 fully saturated rings. The number of ether oxygens (including phenoxy) is 1. The molecule has 1 aliphatic rings. The normalized spacial score (nSPS) is 17.4. The molecule has 0 N–H and O–H groups in total. The number of benzene rings is 1.